The fourth-order valence-electron chi connectivity index (χ4n) is 2.87. The normalized spacial score (nSPS) is 21.9. The van der Waals surface area contributed by atoms with E-state index < -0.39 is 0 Å². The van der Waals surface area contributed by atoms with Gasteiger partial charge < -0.3 is 15.0 Å². The Morgan fingerprint density at radius 2 is 2.30 bits per heavy atom. The monoisotopic (exact) mass is 337 g/mol. The number of rotatable bonds is 4. The lowest BCUT2D eigenvalue weighted by atomic mass is 10.2. The number of likely N-dealkylation sites (tertiary alicyclic amines) is 1. The number of carbonyl (C=O) groups excluding carboxylic acids is 1. The highest BCUT2D eigenvalue weighted by molar-refractivity contribution is 6.36. The highest BCUT2D eigenvalue weighted by Gasteiger charge is 2.33. The predicted octanol–water partition coefficient (Wildman–Crippen LogP) is 1.14. The molecule has 0 aromatic carbocycles. The van der Waals surface area contributed by atoms with Crippen LogP contribution in [-0.2, 0) is 4.74 Å². The van der Waals surface area contributed by atoms with Gasteiger partial charge in [-0.1, -0.05) is 11.6 Å². The van der Waals surface area contributed by atoms with Gasteiger partial charge in [-0.25, -0.2) is 9.50 Å². The summed E-state index contributed by atoms with van der Waals surface area (Å²) in [6.45, 7) is 5.99. The van der Waals surface area contributed by atoms with Crippen molar-refractivity contribution < 1.29 is 9.53 Å². The quantitative estimate of drug-likeness (QED) is 0.906. The maximum atomic E-state index is 12.6. The maximum absolute atomic E-state index is 12.6. The van der Waals surface area contributed by atoms with Gasteiger partial charge in [0, 0.05) is 32.1 Å². The van der Waals surface area contributed by atoms with Crippen LogP contribution in [0.3, 0.4) is 0 Å². The van der Waals surface area contributed by atoms with Crippen LogP contribution in [-0.4, -0.2) is 64.3 Å². The van der Waals surface area contributed by atoms with Crippen molar-refractivity contribution >= 4 is 23.2 Å². The van der Waals surface area contributed by atoms with E-state index in [9.17, 15) is 4.79 Å². The Morgan fingerprint density at radius 3 is 3.04 bits per heavy atom. The van der Waals surface area contributed by atoms with Gasteiger partial charge in [-0.15, -0.1) is 0 Å². The summed E-state index contributed by atoms with van der Waals surface area (Å²) >= 11 is 6.27. The van der Waals surface area contributed by atoms with Gasteiger partial charge in [0.15, 0.2) is 11.3 Å². The predicted molar refractivity (Wildman–Crippen MR) is 86.9 cm³/mol. The second kappa shape index (κ2) is 6.43. The molecule has 2 aromatic rings. The van der Waals surface area contributed by atoms with E-state index in [-0.39, 0.29) is 28.8 Å². The number of halogens is 1. The number of hydrogen-bond acceptors (Lipinski definition) is 5. The van der Waals surface area contributed by atoms with Crippen molar-refractivity contribution in [2.45, 2.75) is 26.0 Å². The van der Waals surface area contributed by atoms with Crippen LogP contribution in [0.25, 0.3) is 5.65 Å². The number of carbonyl (C=O) groups is 1. The molecule has 124 valence electrons. The number of likely N-dealkylation sites (N-methyl/N-ethyl adjacent to an activating group) is 1. The number of amides is 1. The van der Waals surface area contributed by atoms with E-state index in [0.717, 1.165) is 18.7 Å². The van der Waals surface area contributed by atoms with Gasteiger partial charge in [-0.3, -0.25) is 4.79 Å². The molecule has 0 aliphatic carbocycles. The lowest BCUT2D eigenvalue weighted by Crippen LogP contribution is -2.44. The first-order valence-corrected chi connectivity index (χ1v) is 7.99. The minimum atomic E-state index is -0.303. The minimum absolute atomic E-state index is 0.0230. The Balaban J connectivity index is 1.82. The number of nitrogens with zero attached hydrogens (tertiary/aromatic N) is 4. The molecule has 1 saturated heterocycles. The molecule has 2 atom stereocenters. The van der Waals surface area contributed by atoms with Gasteiger partial charge in [0.2, 0.25) is 0 Å². The van der Waals surface area contributed by atoms with Crippen molar-refractivity contribution in [3.05, 3.63) is 28.7 Å². The van der Waals surface area contributed by atoms with Crippen LogP contribution in [0.15, 0.2) is 12.4 Å². The molecule has 2 aromatic heterocycles. The molecule has 7 nitrogen and oxygen atoms in total. The minimum Gasteiger partial charge on any atom is -0.375 e. The van der Waals surface area contributed by atoms with Gasteiger partial charge in [-0.2, -0.15) is 5.10 Å². The van der Waals surface area contributed by atoms with Crippen molar-refractivity contribution in [2.75, 3.05) is 26.7 Å². The van der Waals surface area contributed by atoms with Gasteiger partial charge in [0.1, 0.15) is 5.02 Å². The van der Waals surface area contributed by atoms with Crippen LogP contribution in [0.5, 0.6) is 0 Å². The van der Waals surface area contributed by atoms with Crippen LogP contribution >= 0.6 is 11.6 Å². The average molecular weight is 338 g/mol. The molecule has 1 N–H and O–H groups in total. The first-order valence-electron chi connectivity index (χ1n) is 7.61. The molecule has 0 radical (unpaired) electrons. The van der Waals surface area contributed by atoms with E-state index in [1.54, 1.807) is 12.4 Å². The highest BCUT2D eigenvalue weighted by atomic mass is 35.5. The number of nitrogens with one attached hydrogen (secondary N) is 1. The van der Waals surface area contributed by atoms with E-state index in [2.05, 4.69) is 20.3 Å². The maximum Gasteiger partial charge on any atom is 0.273 e. The summed E-state index contributed by atoms with van der Waals surface area (Å²) in [5.41, 5.74) is 1.61. The molecule has 0 spiro atoms. The number of aromatic nitrogens is 3. The molecular formula is C15H20ClN5O2. The topological polar surface area (TPSA) is 71.8 Å². The van der Waals surface area contributed by atoms with E-state index >= 15 is 0 Å². The molecule has 0 saturated carbocycles. The summed E-state index contributed by atoms with van der Waals surface area (Å²) in [5.74, 6) is -0.303. The van der Waals surface area contributed by atoms with Crippen molar-refractivity contribution in [1.82, 2.24) is 24.8 Å². The number of aryl methyl sites for hydroxylation is 1. The Hall–Kier alpha value is -1.70. The Kier molecular flexibility index (Phi) is 4.52. The molecular weight excluding hydrogens is 318 g/mol. The number of hydrogen-bond donors (Lipinski definition) is 1. The van der Waals surface area contributed by atoms with E-state index in [1.807, 2.05) is 20.9 Å². The zero-order valence-electron chi connectivity index (χ0n) is 13.4. The Morgan fingerprint density at radius 1 is 1.52 bits per heavy atom. The first kappa shape index (κ1) is 16.2. The van der Waals surface area contributed by atoms with E-state index in [0.29, 0.717) is 12.3 Å². The standard InChI is InChI=1S/C15H20ClN5O2/c1-4-23-11-8-20(3)7-10(11)18-15(22)13-12(16)14-17-5-9(2)6-21(14)19-13/h5-6,10-11H,4,7-8H2,1-3H3,(H,18,22)/t10-,11-/m0/s1. The number of fused-ring (bicyclic) bond motifs is 1. The Labute approximate surface area is 139 Å². The largest absolute Gasteiger partial charge is 0.375 e. The summed E-state index contributed by atoms with van der Waals surface area (Å²) < 4.78 is 7.24. The average Bonchev–Trinajstić information content (AvgIpc) is 3.00. The second-order valence-electron chi connectivity index (χ2n) is 5.86. The molecule has 3 heterocycles. The number of ether oxygens (including phenoxy) is 1. The molecule has 0 unspecified atom stereocenters. The van der Waals surface area contributed by atoms with Crippen molar-refractivity contribution in [3.8, 4) is 0 Å². The second-order valence-corrected chi connectivity index (χ2v) is 6.24. The van der Waals surface area contributed by atoms with E-state index in [1.165, 1.54) is 4.52 Å². The summed E-state index contributed by atoms with van der Waals surface area (Å²) in [4.78, 5) is 18.9. The molecule has 3 rings (SSSR count). The molecule has 8 heteroatoms. The third-order valence-electron chi connectivity index (χ3n) is 3.91. The first-order chi connectivity index (χ1) is 11.0. The molecule has 1 aliphatic rings. The van der Waals surface area contributed by atoms with Gasteiger partial charge >= 0.3 is 0 Å². The zero-order valence-corrected chi connectivity index (χ0v) is 14.2. The van der Waals surface area contributed by atoms with Crippen molar-refractivity contribution in [1.29, 1.82) is 0 Å². The fourth-order valence-corrected chi connectivity index (χ4v) is 3.13. The Bertz CT molecular complexity index is 732. The lowest BCUT2D eigenvalue weighted by molar-refractivity contribution is 0.0512. The summed E-state index contributed by atoms with van der Waals surface area (Å²) in [7, 11) is 2.00. The van der Waals surface area contributed by atoms with Crippen molar-refractivity contribution in [3.63, 3.8) is 0 Å². The summed E-state index contributed by atoms with van der Waals surface area (Å²) in [6.07, 6.45) is 3.46. The molecule has 23 heavy (non-hydrogen) atoms. The van der Waals surface area contributed by atoms with Gasteiger partial charge in [0.25, 0.3) is 5.91 Å². The fraction of sp³-hybridized carbons (Fsp3) is 0.533. The lowest BCUT2D eigenvalue weighted by Gasteiger charge is -2.19. The molecule has 0 bridgehead atoms. The summed E-state index contributed by atoms with van der Waals surface area (Å²) in [6, 6.07) is -0.0805. The molecule has 1 amide bonds. The van der Waals surface area contributed by atoms with Crippen LogP contribution in [0, 0.1) is 6.92 Å². The summed E-state index contributed by atoms with van der Waals surface area (Å²) in [5, 5.41) is 7.51. The molecule has 1 fully saturated rings. The van der Waals surface area contributed by atoms with Gasteiger partial charge in [-0.05, 0) is 26.5 Å². The van der Waals surface area contributed by atoms with Crippen LogP contribution < -0.4 is 5.32 Å². The van der Waals surface area contributed by atoms with Crippen molar-refractivity contribution in [2.24, 2.45) is 0 Å². The van der Waals surface area contributed by atoms with Crippen LogP contribution in [0.2, 0.25) is 5.02 Å². The van der Waals surface area contributed by atoms with Crippen LogP contribution in [0.1, 0.15) is 23.0 Å². The molecule has 1 aliphatic heterocycles. The smallest absolute Gasteiger partial charge is 0.273 e. The zero-order chi connectivity index (χ0) is 16.6. The third kappa shape index (κ3) is 3.17. The third-order valence-corrected chi connectivity index (χ3v) is 4.25. The van der Waals surface area contributed by atoms with Crippen LogP contribution in [0.4, 0.5) is 0 Å². The van der Waals surface area contributed by atoms with E-state index in [4.69, 9.17) is 16.3 Å². The highest BCUT2D eigenvalue weighted by Crippen LogP contribution is 2.21. The van der Waals surface area contributed by atoms with Gasteiger partial charge in [0.05, 0.1) is 12.1 Å². The SMILES string of the molecule is CCO[C@H]1CN(C)C[C@@H]1NC(=O)c1nn2cc(C)cnc2c1Cl.